The predicted molar refractivity (Wildman–Crippen MR) is 88.9 cm³/mol. The topological polar surface area (TPSA) is 81.4 Å². The van der Waals surface area contributed by atoms with Crippen LogP contribution in [0.5, 0.6) is 0 Å². The highest BCUT2D eigenvalue weighted by atomic mass is 35.5. The maximum atomic E-state index is 12.2. The van der Waals surface area contributed by atoms with Crippen molar-refractivity contribution in [3.8, 4) is 0 Å². The van der Waals surface area contributed by atoms with Crippen molar-refractivity contribution in [2.45, 2.75) is 33.2 Å². The van der Waals surface area contributed by atoms with E-state index in [4.69, 9.17) is 20.9 Å². The van der Waals surface area contributed by atoms with E-state index < -0.39 is 11.9 Å². The molecule has 24 heavy (non-hydrogen) atoms. The van der Waals surface area contributed by atoms with Crippen LogP contribution in [0.15, 0.2) is 28.8 Å². The number of hydrogen-bond acceptors (Lipinski definition) is 5. The number of esters is 1. The standard InChI is InChI=1S/C17H19ClN2O4/c1-10(2)16-15(11(3)20-24-16)17(22)23-9-14(21)19-8-12-5-4-6-13(18)7-12/h4-7,10H,8-9H2,1-3H3,(H,19,21). The molecule has 0 aliphatic rings. The molecule has 0 aliphatic heterocycles. The summed E-state index contributed by atoms with van der Waals surface area (Å²) in [4.78, 5) is 24.0. The third-order valence-corrected chi connectivity index (χ3v) is 3.57. The first kappa shape index (κ1) is 18.0. The molecule has 0 atom stereocenters. The van der Waals surface area contributed by atoms with Crippen molar-refractivity contribution in [1.29, 1.82) is 0 Å². The molecule has 1 amide bonds. The molecule has 0 spiro atoms. The lowest BCUT2D eigenvalue weighted by atomic mass is 10.1. The minimum atomic E-state index is -0.615. The number of halogens is 1. The van der Waals surface area contributed by atoms with E-state index in [2.05, 4.69) is 10.5 Å². The third kappa shape index (κ3) is 4.58. The van der Waals surface area contributed by atoms with Crippen LogP contribution in [0, 0.1) is 6.92 Å². The Morgan fingerprint density at radius 3 is 2.79 bits per heavy atom. The summed E-state index contributed by atoms with van der Waals surface area (Å²) in [6, 6.07) is 7.14. The molecule has 0 saturated heterocycles. The Morgan fingerprint density at radius 2 is 2.12 bits per heavy atom. The highest BCUT2D eigenvalue weighted by Gasteiger charge is 2.24. The second-order valence-electron chi connectivity index (χ2n) is 5.64. The summed E-state index contributed by atoms with van der Waals surface area (Å²) >= 11 is 5.88. The zero-order valence-corrected chi connectivity index (χ0v) is 14.5. The molecule has 1 N–H and O–H groups in total. The van der Waals surface area contributed by atoms with Gasteiger partial charge in [-0.15, -0.1) is 0 Å². The van der Waals surface area contributed by atoms with Crippen molar-refractivity contribution in [3.05, 3.63) is 51.9 Å². The predicted octanol–water partition coefficient (Wildman–Crippen LogP) is 3.23. The molecule has 2 aromatic rings. The van der Waals surface area contributed by atoms with E-state index >= 15 is 0 Å². The number of hydrogen-bond donors (Lipinski definition) is 1. The van der Waals surface area contributed by atoms with Crippen molar-refractivity contribution in [1.82, 2.24) is 10.5 Å². The van der Waals surface area contributed by atoms with E-state index in [0.717, 1.165) is 5.56 Å². The molecule has 1 aromatic heterocycles. The van der Waals surface area contributed by atoms with Crippen LogP contribution in [0.25, 0.3) is 0 Å². The molecule has 0 fully saturated rings. The molecule has 0 radical (unpaired) electrons. The molecule has 0 aliphatic carbocycles. The van der Waals surface area contributed by atoms with Gasteiger partial charge in [-0.05, 0) is 24.6 Å². The molecule has 6 nitrogen and oxygen atoms in total. The quantitative estimate of drug-likeness (QED) is 0.809. The van der Waals surface area contributed by atoms with Gasteiger partial charge >= 0.3 is 5.97 Å². The fourth-order valence-corrected chi connectivity index (χ4v) is 2.34. The lowest BCUT2D eigenvalue weighted by Crippen LogP contribution is -2.28. The number of amides is 1. The Bertz CT molecular complexity index is 740. The van der Waals surface area contributed by atoms with Crippen LogP contribution in [0.3, 0.4) is 0 Å². The molecule has 1 heterocycles. The van der Waals surface area contributed by atoms with E-state index in [1.54, 1.807) is 25.1 Å². The number of rotatable bonds is 6. The number of aromatic nitrogens is 1. The van der Waals surface area contributed by atoms with E-state index in [0.29, 0.717) is 23.0 Å². The Labute approximate surface area is 145 Å². The lowest BCUT2D eigenvalue weighted by Gasteiger charge is -2.08. The Hall–Kier alpha value is -2.34. The van der Waals surface area contributed by atoms with Crippen molar-refractivity contribution in [2.24, 2.45) is 0 Å². The number of benzene rings is 1. The molecule has 0 saturated carbocycles. The first-order valence-corrected chi connectivity index (χ1v) is 7.90. The highest BCUT2D eigenvalue weighted by Crippen LogP contribution is 2.22. The third-order valence-electron chi connectivity index (χ3n) is 3.33. The molecule has 0 unspecified atom stereocenters. The summed E-state index contributed by atoms with van der Waals surface area (Å²) in [7, 11) is 0. The lowest BCUT2D eigenvalue weighted by molar-refractivity contribution is -0.124. The fourth-order valence-electron chi connectivity index (χ4n) is 2.13. The Balaban J connectivity index is 1.88. The molecule has 1 aromatic carbocycles. The number of carbonyl (C=O) groups excluding carboxylic acids is 2. The smallest absolute Gasteiger partial charge is 0.344 e. The number of nitrogens with one attached hydrogen (secondary N) is 1. The van der Waals surface area contributed by atoms with Gasteiger partial charge in [0.2, 0.25) is 0 Å². The molecule has 2 rings (SSSR count). The summed E-state index contributed by atoms with van der Waals surface area (Å²) in [6.45, 7) is 5.36. The molecule has 0 bridgehead atoms. The van der Waals surface area contributed by atoms with Gasteiger partial charge in [0, 0.05) is 17.5 Å². The zero-order valence-electron chi connectivity index (χ0n) is 13.8. The van der Waals surface area contributed by atoms with Crippen LogP contribution in [-0.4, -0.2) is 23.6 Å². The van der Waals surface area contributed by atoms with Crippen molar-refractivity contribution < 1.29 is 18.8 Å². The minimum absolute atomic E-state index is 0.00888. The van der Waals surface area contributed by atoms with Crippen LogP contribution >= 0.6 is 11.6 Å². The maximum Gasteiger partial charge on any atom is 0.344 e. The van der Waals surface area contributed by atoms with Crippen molar-refractivity contribution in [3.63, 3.8) is 0 Å². The highest BCUT2D eigenvalue weighted by molar-refractivity contribution is 6.30. The SMILES string of the molecule is Cc1noc(C(C)C)c1C(=O)OCC(=O)NCc1cccc(Cl)c1. The normalized spacial score (nSPS) is 10.7. The largest absolute Gasteiger partial charge is 0.452 e. The van der Waals surface area contributed by atoms with Crippen LogP contribution in [0.2, 0.25) is 5.02 Å². The van der Waals surface area contributed by atoms with Crippen LogP contribution in [0.4, 0.5) is 0 Å². The van der Waals surface area contributed by atoms with E-state index in [1.807, 2.05) is 19.9 Å². The average molecular weight is 351 g/mol. The van der Waals surface area contributed by atoms with Crippen LogP contribution in [0.1, 0.15) is 47.1 Å². The summed E-state index contributed by atoms with van der Waals surface area (Å²) in [6.07, 6.45) is 0. The van der Waals surface area contributed by atoms with Gasteiger partial charge in [-0.25, -0.2) is 4.79 Å². The van der Waals surface area contributed by atoms with Gasteiger partial charge in [-0.1, -0.05) is 42.7 Å². The van der Waals surface area contributed by atoms with Crippen molar-refractivity contribution in [2.75, 3.05) is 6.61 Å². The van der Waals surface area contributed by atoms with Crippen LogP contribution in [-0.2, 0) is 16.1 Å². The molecular formula is C17H19ClN2O4. The molecule has 7 heteroatoms. The average Bonchev–Trinajstić information content (AvgIpc) is 2.92. The Kier molecular flexibility index (Phi) is 5.98. The zero-order chi connectivity index (χ0) is 17.7. The second-order valence-corrected chi connectivity index (χ2v) is 6.08. The van der Waals surface area contributed by atoms with E-state index in [-0.39, 0.29) is 18.1 Å². The van der Waals surface area contributed by atoms with Gasteiger partial charge < -0.3 is 14.6 Å². The second kappa shape index (κ2) is 7.97. The van der Waals surface area contributed by atoms with E-state index in [1.165, 1.54) is 0 Å². The molecular weight excluding hydrogens is 332 g/mol. The monoisotopic (exact) mass is 350 g/mol. The van der Waals surface area contributed by atoms with Gasteiger partial charge in [-0.3, -0.25) is 4.79 Å². The van der Waals surface area contributed by atoms with Gasteiger partial charge in [0.05, 0.1) is 5.69 Å². The maximum absolute atomic E-state index is 12.2. The fraction of sp³-hybridized carbons (Fsp3) is 0.353. The number of ether oxygens (including phenoxy) is 1. The molecule has 128 valence electrons. The van der Waals surface area contributed by atoms with Crippen molar-refractivity contribution >= 4 is 23.5 Å². The summed E-state index contributed by atoms with van der Waals surface area (Å²) in [5.41, 5.74) is 1.59. The first-order chi connectivity index (χ1) is 11.4. The van der Waals surface area contributed by atoms with Gasteiger partial charge in [0.1, 0.15) is 5.56 Å². The number of carbonyl (C=O) groups is 2. The van der Waals surface area contributed by atoms with E-state index in [9.17, 15) is 9.59 Å². The van der Waals surface area contributed by atoms with Crippen LogP contribution < -0.4 is 5.32 Å². The van der Waals surface area contributed by atoms with Gasteiger partial charge in [0.25, 0.3) is 5.91 Å². The summed E-state index contributed by atoms with van der Waals surface area (Å²) < 4.78 is 10.2. The summed E-state index contributed by atoms with van der Waals surface area (Å²) in [5.74, 6) is -0.568. The minimum Gasteiger partial charge on any atom is -0.452 e. The number of aryl methyl sites for hydroxylation is 1. The van der Waals surface area contributed by atoms with Gasteiger partial charge in [-0.2, -0.15) is 0 Å². The Morgan fingerprint density at radius 1 is 1.38 bits per heavy atom. The first-order valence-electron chi connectivity index (χ1n) is 7.53. The van der Waals surface area contributed by atoms with Gasteiger partial charge in [0.15, 0.2) is 12.4 Å². The number of nitrogens with zero attached hydrogens (tertiary/aromatic N) is 1. The summed E-state index contributed by atoms with van der Waals surface area (Å²) in [5, 5.41) is 7.04.